The predicted molar refractivity (Wildman–Crippen MR) is 101 cm³/mol. The summed E-state index contributed by atoms with van der Waals surface area (Å²) in [5, 5.41) is 2.57. The molecule has 4 aromatic rings. The van der Waals surface area contributed by atoms with Gasteiger partial charge in [-0.2, -0.15) is 0 Å². The van der Waals surface area contributed by atoms with Crippen molar-refractivity contribution >= 4 is 10.8 Å². The molecule has 4 rings (SSSR count). The van der Waals surface area contributed by atoms with Gasteiger partial charge in [-0.15, -0.1) is 0 Å². The van der Waals surface area contributed by atoms with Gasteiger partial charge in [0, 0.05) is 6.07 Å². The first kappa shape index (κ1) is 14.6. The summed E-state index contributed by atoms with van der Waals surface area (Å²) in [5.41, 5.74) is 6.35. The van der Waals surface area contributed by atoms with Gasteiger partial charge >= 0.3 is 0 Å². The Morgan fingerprint density at radius 2 is 1.33 bits per heavy atom. The van der Waals surface area contributed by atoms with E-state index < -0.39 is 0 Å². The Balaban J connectivity index is 2.02. The van der Waals surface area contributed by atoms with E-state index in [1.807, 2.05) is 0 Å². The minimum atomic E-state index is 1.25. The van der Waals surface area contributed by atoms with Crippen LogP contribution < -0.4 is 4.57 Å². The van der Waals surface area contributed by atoms with Crippen molar-refractivity contribution in [1.29, 1.82) is 0 Å². The maximum atomic E-state index is 2.31. The predicted octanol–water partition coefficient (Wildman–Crippen LogP) is 5.31. The fraction of sp³-hybridized carbons (Fsp3) is 0.0870. The van der Waals surface area contributed by atoms with E-state index in [9.17, 15) is 0 Å². The van der Waals surface area contributed by atoms with Crippen molar-refractivity contribution < 1.29 is 4.57 Å². The van der Waals surface area contributed by atoms with Crippen molar-refractivity contribution in [2.75, 3.05) is 0 Å². The second kappa shape index (κ2) is 5.93. The minimum Gasteiger partial charge on any atom is -0.200 e. The zero-order valence-corrected chi connectivity index (χ0v) is 14.0. The van der Waals surface area contributed by atoms with E-state index in [2.05, 4.69) is 104 Å². The molecule has 0 fully saturated rings. The number of fused-ring (bicyclic) bond motifs is 1. The summed E-state index contributed by atoms with van der Waals surface area (Å²) in [4.78, 5) is 0. The van der Waals surface area contributed by atoms with Gasteiger partial charge in [-0.05, 0) is 41.0 Å². The Bertz CT molecular complexity index is 1020. The highest BCUT2D eigenvalue weighted by Gasteiger charge is 2.19. The SMILES string of the molecule is Cc1cc2ccccc2cc1-c1c(-c2ccccc2)ccc[n+]1C. The molecule has 3 aromatic carbocycles. The summed E-state index contributed by atoms with van der Waals surface area (Å²) in [6.07, 6.45) is 2.12. The summed E-state index contributed by atoms with van der Waals surface area (Å²) in [5.74, 6) is 0. The van der Waals surface area contributed by atoms with Gasteiger partial charge in [0.1, 0.15) is 7.05 Å². The third-order valence-corrected chi connectivity index (χ3v) is 4.61. The standard InChI is InChI=1S/C23H20N/c1-17-15-19-11-6-7-12-20(19)16-22(17)23-21(13-8-14-24(23)2)18-9-4-3-5-10-18/h3-16H,1-2H3/q+1. The van der Waals surface area contributed by atoms with Crippen molar-refractivity contribution in [3.63, 3.8) is 0 Å². The van der Waals surface area contributed by atoms with E-state index in [-0.39, 0.29) is 0 Å². The van der Waals surface area contributed by atoms with Crippen LogP contribution in [-0.4, -0.2) is 0 Å². The van der Waals surface area contributed by atoms with Gasteiger partial charge in [-0.1, -0.05) is 60.7 Å². The van der Waals surface area contributed by atoms with Gasteiger partial charge in [-0.3, -0.25) is 0 Å². The molecule has 0 aliphatic heterocycles. The number of hydrogen-bond acceptors (Lipinski definition) is 0. The monoisotopic (exact) mass is 310 g/mol. The van der Waals surface area contributed by atoms with Crippen LogP contribution in [0.1, 0.15) is 5.56 Å². The molecule has 1 heterocycles. The fourth-order valence-electron chi connectivity index (χ4n) is 3.41. The molecule has 0 saturated heterocycles. The first-order valence-corrected chi connectivity index (χ1v) is 8.28. The maximum Gasteiger partial charge on any atom is 0.220 e. The molecule has 0 aliphatic carbocycles. The molecule has 0 bridgehead atoms. The Morgan fingerprint density at radius 3 is 2.08 bits per heavy atom. The molecule has 24 heavy (non-hydrogen) atoms. The third-order valence-electron chi connectivity index (χ3n) is 4.61. The molecule has 0 spiro atoms. The van der Waals surface area contributed by atoms with Crippen LogP contribution in [0.2, 0.25) is 0 Å². The highest BCUT2D eigenvalue weighted by atomic mass is 14.9. The van der Waals surface area contributed by atoms with E-state index in [0.29, 0.717) is 0 Å². The maximum absolute atomic E-state index is 2.31. The molecule has 0 unspecified atom stereocenters. The zero-order chi connectivity index (χ0) is 16.5. The van der Waals surface area contributed by atoms with E-state index in [1.165, 1.54) is 38.7 Å². The van der Waals surface area contributed by atoms with Crippen molar-refractivity contribution in [3.8, 4) is 22.4 Å². The Kier molecular flexibility index (Phi) is 3.62. The van der Waals surface area contributed by atoms with Crippen LogP contribution in [-0.2, 0) is 7.05 Å². The zero-order valence-electron chi connectivity index (χ0n) is 14.0. The molecule has 116 valence electrons. The first-order valence-electron chi connectivity index (χ1n) is 8.28. The molecular formula is C23H20N+. The molecular weight excluding hydrogens is 290 g/mol. The van der Waals surface area contributed by atoms with Gasteiger partial charge in [0.05, 0.1) is 11.1 Å². The number of hydrogen-bond donors (Lipinski definition) is 0. The van der Waals surface area contributed by atoms with Crippen LogP contribution in [0, 0.1) is 6.92 Å². The van der Waals surface area contributed by atoms with Crippen LogP contribution in [0.3, 0.4) is 0 Å². The van der Waals surface area contributed by atoms with Crippen LogP contribution in [0.4, 0.5) is 0 Å². The summed E-state index contributed by atoms with van der Waals surface area (Å²) in [6.45, 7) is 2.20. The van der Waals surface area contributed by atoms with E-state index in [1.54, 1.807) is 0 Å². The van der Waals surface area contributed by atoms with Crippen LogP contribution in [0.5, 0.6) is 0 Å². The van der Waals surface area contributed by atoms with Crippen molar-refractivity contribution in [1.82, 2.24) is 0 Å². The molecule has 0 atom stereocenters. The lowest BCUT2D eigenvalue weighted by atomic mass is 9.94. The lowest BCUT2D eigenvalue weighted by Crippen LogP contribution is -2.31. The molecule has 0 N–H and O–H groups in total. The number of pyridine rings is 1. The summed E-state index contributed by atoms with van der Waals surface area (Å²) >= 11 is 0. The van der Waals surface area contributed by atoms with Gasteiger partial charge in [0.25, 0.3) is 0 Å². The highest BCUT2D eigenvalue weighted by Crippen LogP contribution is 2.33. The second-order valence-corrected chi connectivity index (χ2v) is 6.26. The molecule has 0 radical (unpaired) electrons. The largest absolute Gasteiger partial charge is 0.220 e. The Morgan fingerprint density at radius 1 is 0.667 bits per heavy atom. The molecule has 1 heteroatoms. The molecule has 1 nitrogen and oxygen atoms in total. The lowest BCUT2D eigenvalue weighted by molar-refractivity contribution is -0.660. The number of rotatable bonds is 2. The number of aryl methyl sites for hydroxylation is 2. The van der Waals surface area contributed by atoms with E-state index in [0.717, 1.165) is 0 Å². The molecule has 0 aliphatic rings. The molecule has 0 amide bonds. The second-order valence-electron chi connectivity index (χ2n) is 6.26. The van der Waals surface area contributed by atoms with E-state index >= 15 is 0 Å². The van der Waals surface area contributed by atoms with Crippen LogP contribution in [0.15, 0.2) is 85.1 Å². The van der Waals surface area contributed by atoms with Gasteiger partial charge < -0.3 is 0 Å². The van der Waals surface area contributed by atoms with Gasteiger partial charge in [0.2, 0.25) is 5.69 Å². The van der Waals surface area contributed by atoms with Crippen molar-refractivity contribution in [2.45, 2.75) is 6.92 Å². The average Bonchev–Trinajstić information content (AvgIpc) is 2.62. The topological polar surface area (TPSA) is 3.88 Å². The number of nitrogens with zero attached hydrogens (tertiary/aromatic N) is 1. The van der Waals surface area contributed by atoms with Gasteiger partial charge in [0.15, 0.2) is 6.20 Å². The molecule has 0 saturated carbocycles. The van der Waals surface area contributed by atoms with Crippen LogP contribution >= 0.6 is 0 Å². The number of benzene rings is 3. The summed E-state index contributed by atoms with van der Waals surface area (Å²) in [6, 6.07) is 28.1. The number of aromatic nitrogens is 1. The van der Waals surface area contributed by atoms with Crippen molar-refractivity contribution in [3.05, 3.63) is 90.6 Å². The van der Waals surface area contributed by atoms with Crippen LogP contribution in [0.25, 0.3) is 33.2 Å². The van der Waals surface area contributed by atoms with Gasteiger partial charge in [-0.25, -0.2) is 4.57 Å². The quantitative estimate of drug-likeness (QED) is 0.442. The minimum absolute atomic E-state index is 1.25. The smallest absolute Gasteiger partial charge is 0.200 e. The van der Waals surface area contributed by atoms with Crippen molar-refractivity contribution in [2.24, 2.45) is 7.05 Å². The fourth-order valence-corrected chi connectivity index (χ4v) is 3.41. The molecule has 1 aromatic heterocycles. The lowest BCUT2D eigenvalue weighted by Gasteiger charge is -2.11. The Labute approximate surface area is 142 Å². The Hall–Kier alpha value is -2.93. The normalized spacial score (nSPS) is 10.9. The summed E-state index contributed by atoms with van der Waals surface area (Å²) in [7, 11) is 2.12. The van der Waals surface area contributed by atoms with E-state index in [4.69, 9.17) is 0 Å². The summed E-state index contributed by atoms with van der Waals surface area (Å²) < 4.78 is 2.22. The highest BCUT2D eigenvalue weighted by molar-refractivity contribution is 5.90. The third kappa shape index (κ3) is 2.48. The average molecular weight is 310 g/mol. The first-order chi connectivity index (χ1) is 11.7.